The molecule has 0 aliphatic carbocycles. The Morgan fingerprint density at radius 2 is 1.78 bits per heavy atom. The molecule has 0 spiro atoms. The first-order chi connectivity index (χ1) is 13.0. The van der Waals surface area contributed by atoms with E-state index in [4.69, 9.17) is 28.5 Å². The number of nitrogens with zero attached hydrogens (tertiary/aromatic N) is 3. The summed E-state index contributed by atoms with van der Waals surface area (Å²) in [4.78, 5) is 21.1. The zero-order valence-electron chi connectivity index (χ0n) is 14.1. The number of aryl methyl sites for hydroxylation is 1. The van der Waals surface area contributed by atoms with Gasteiger partial charge in [0.05, 0.1) is 27.4 Å². The van der Waals surface area contributed by atoms with Crippen molar-refractivity contribution in [3.8, 4) is 6.07 Å². The SMILES string of the molecule is Cc1cc(C(=O)Nc2c(Cl)cccc2Cl)nc(Nc2cccc(C#N)c2)n1. The highest BCUT2D eigenvalue weighted by molar-refractivity contribution is 6.40. The molecule has 0 atom stereocenters. The van der Waals surface area contributed by atoms with Crippen LogP contribution in [-0.2, 0) is 0 Å². The molecule has 0 unspecified atom stereocenters. The lowest BCUT2D eigenvalue weighted by Crippen LogP contribution is -2.16. The zero-order valence-corrected chi connectivity index (χ0v) is 15.6. The fraction of sp³-hybridized carbons (Fsp3) is 0.0526. The molecule has 0 bridgehead atoms. The normalized spacial score (nSPS) is 10.1. The Bertz CT molecular complexity index is 1040. The van der Waals surface area contributed by atoms with E-state index in [9.17, 15) is 4.79 Å². The van der Waals surface area contributed by atoms with Crippen LogP contribution < -0.4 is 10.6 Å². The van der Waals surface area contributed by atoms with Crippen LogP contribution in [0.3, 0.4) is 0 Å². The van der Waals surface area contributed by atoms with Gasteiger partial charge < -0.3 is 10.6 Å². The Hall–Kier alpha value is -3.14. The molecule has 8 heteroatoms. The molecule has 1 aromatic heterocycles. The number of hydrogen-bond donors (Lipinski definition) is 2. The molecule has 27 heavy (non-hydrogen) atoms. The highest BCUT2D eigenvalue weighted by Gasteiger charge is 2.14. The van der Waals surface area contributed by atoms with E-state index in [1.54, 1.807) is 55.5 Å². The summed E-state index contributed by atoms with van der Waals surface area (Å²) >= 11 is 12.2. The van der Waals surface area contributed by atoms with E-state index in [1.807, 2.05) is 0 Å². The van der Waals surface area contributed by atoms with E-state index in [-0.39, 0.29) is 11.6 Å². The van der Waals surface area contributed by atoms with Gasteiger partial charge in [0.25, 0.3) is 5.91 Å². The third-order valence-electron chi connectivity index (χ3n) is 3.54. The van der Waals surface area contributed by atoms with Crippen molar-refractivity contribution in [3.05, 3.63) is 75.5 Å². The molecular weight excluding hydrogens is 385 g/mol. The van der Waals surface area contributed by atoms with E-state index in [2.05, 4.69) is 26.7 Å². The standard InChI is InChI=1S/C19H13Cl2N5O/c1-11-8-16(18(27)26-17-14(20)6-3-7-15(17)21)25-19(23-11)24-13-5-2-4-12(9-13)10-22/h2-9H,1H3,(H,26,27)(H,23,24,25). The van der Waals surface area contributed by atoms with Crippen molar-refractivity contribution < 1.29 is 4.79 Å². The second kappa shape index (κ2) is 8.04. The van der Waals surface area contributed by atoms with Crippen LogP contribution >= 0.6 is 23.2 Å². The molecule has 0 saturated carbocycles. The number of anilines is 3. The molecule has 0 saturated heterocycles. The van der Waals surface area contributed by atoms with Gasteiger partial charge in [-0.15, -0.1) is 0 Å². The van der Waals surface area contributed by atoms with Crippen LogP contribution in [-0.4, -0.2) is 15.9 Å². The lowest BCUT2D eigenvalue weighted by atomic mass is 10.2. The molecule has 3 rings (SSSR count). The first kappa shape index (κ1) is 18.6. The minimum Gasteiger partial charge on any atom is -0.324 e. The first-order valence-electron chi connectivity index (χ1n) is 7.84. The molecule has 0 aliphatic heterocycles. The summed E-state index contributed by atoms with van der Waals surface area (Å²) in [6.45, 7) is 1.75. The van der Waals surface area contributed by atoms with E-state index >= 15 is 0 Å². The minimum absolute atomic E-state index is 0.150. The second-order valence-electron chi connectivity index (χ2n) is 5.59. The summed E-state index contributed by atoms with van der Waals surface area (Å²) in [5.41, 5.74) is 2.20. The van der Waals surface area contributed by atoms with E-state index in [0.717, 1.165) is 0 Å². The number of nitrogens with one attached hydrogen (secondary N) is 2. The highest BCUT2D eigenvalue weighted by atomic mass is 35.5. The van der Waals surface area contributed by atoms with Crippen LogP contribution in [0.2, 0.25) is 10.0 Å². The fourth-order valence-electron chi connectivity index (χ4n) is 2.33. The second-order valence-corrected chi connectivity index (χ2v) is 6.40. The van der Waals surface area contributed by atoms with E-state index < -0.39 is 5.91 Å². The van der Waals surface area contributed by atoms with Crippen molar-refractivity contribution in [1.82, 2.24) is 9.97 Å². The van der Waals surface area contributed by atoms with Gasteiger partial charge in [-0.1, -0.05) is 35.3 Å². The lowest BCUT2D eigenvalue weighted by molar-refractivity contribution is 0.102. The molecule has 3 aromatic rings. The Morgan fingerprint density at radius 1 is 1.07 bits per heavy atom. The van der Waals surface area contributed by atoms with Crippen LogP contribution in [0.15, 0.2) is 48.5 Å². The molecule has 1 amide bonds. The number of hydrogen-bond acceptors (Lipinski definition) is 5. The maximum atomic E-state index is 12.6. The van der Waals surface area contributed by atoms with Gasteiger partial charge in [0.15, 0.2) is 0 Å². The quantitative estimate of drug-likeness (QED) is 0.648. The van der Waals surface area contributed by atoms with Gasteiger partial charge in [0.2, 0.25) is 5.95 Å². The minimum atomic E-state index is -0.468. The van der Waals surface area contributed by atoms with Crippen molar-refractivity contribution in [1.29, 1.82) is 5.26 Å². The van der Waals surface area contributed by atoms with Crippen LogP contribution in [0.1, 0.15) is 21.7 Å². The first-order valence-corrected chi connectivity index (χ1v) is 8.60. The summed E-state index contributed by atoms with van der Waals surface area (Å²) < 4.78 is 0. The van der Waals surface area contributed by atoms with Gasteiger partial charge in [-0.2, -0.15) is 5.26 Å². The molecule has 0 aliphatic rings. The number of benzene rings is 2. The Labute approximate surface area is 165 Å². The van der Waals surface area contributed by atoms with Crippen LogP contribution in [0, 0.1) is 18.3 Å². The average Bonchev–Trinajstić information content (AvgIpc) is 2.64. The largest absolute Gasteiger partial charge is 0.324 e. The lowest BCUT2D eigenvalue weighted by Gasteiger charge is -2.11. The van der Waals surface area contributed by atoms with Gasteiger partial charge in [0, 0.05) is 11.4 Å². The summed E-state index contributed by atoms with van der Waals surface area (Å²) in [6.07, 6.45) is 0. The summed E-state index contributed by atoms with van der Waals surface area (Å²) in [5.74, 6) is -0.232. The van der Waals surface area contributed by atoms with Crippen molar-refractivity contribution in [3.63, 3.8) is 0 Å². The van der Waals surface area contributed by atoms with Gasteiger partial charge in [-0.05, 0) is 43.3 Å². The number of amides is 1. The van der Waals surface area contributed by atoms with Crippen LogP contribution in [0.4, 0.5) is 17.3 Å². The Kier molecular flexibility index (Phi) is 5.55. The number of rotatable bonds is 4. The molecule has 0 fully saturated rings. The topological polar surface area (TPSA) is 90.7 Å². The smallest absolute Gasteiger partial charge is 0.274 e. The Balaban J connectivity index is 1.86. The average molecular weight is 398 g/mol. The van der Waals surface area contributed by atoms with Gasteiger partial charge in [-0.25, -0.2) is 9.97 Å². The molecular formula is C19H13Cl2N5O. The van der Waals surface area contributed by atoms with E-state index in [1.165, 1.54) is 0 Å². The number of carbonyl (C=O) groups excluding carboxylic acids is 1. The van der Waals surface area contributed by atoms with Crippen LogP contribution in [0.25, 0.3) is 0 Å². The Morgan fingerprint density at radius 3 is 2.48 bits per heavy atom. The van der Waals surface area contributed by atoms with Crippen molar-refractivity contribution in [2.45, 2.75) is 6.92 Å². The predicted octanol–water partition coefficient (Wildman–Crippen LogP) is 4.96. The van der Waals surface area contributed by atoms with Gasteiger partial charge >= 0.3 is 0 Å². The van der Waals surface area contributed by atoms with Crippen molar-refractivity contribution in [2.75, 3.05) is 10.6 Å². The molecule has 0 radical (unpaired) electrons. The third kappa shape index (κ3) is 4.53. The van der Waals surface area contributed by atoms with Crippen molar-refractivity contribution in [2.24, 2.45) is 0 Å². The predicted molar refractivity (Wildman–Crippen MR) is 106 cm³/mol. The zero-order chi connectivity index (χ0) is 19.4. The number of para-hydroxylation sites is 1. The number of carbonyl (C=O) groups is 1. The molecule has 2 N–H and O–H groups in total. The molecule has 134 valence electrons. The van der Waals surface area contributed by atoms with Gasteiger partial charge in [-0.3, -0.25) is 4.79 Å². The van der Waals surface area contributed by atoms with E-state index in [0.29, 0.717) is 32.7 Å². The maximum absolute atomic E-state index is 12.6. The summed E-state index contributed by atoms with van der Waals surface area (Å²) in [5, 5.41) is 15.3. The monoisotopic (exact) mass is 397 g/mol. The summed E-state index contributed by atoms with van der Waals surface area (Å²) in [7, 11) is 0. The number of aromatic nitrogens is 2. The number of nitriles is 1. The maximum Gasteiger partial charge on any atom is 0.274 e. The third-order valence-corrected chi connectivity index (χ3v) is 4.17. The highest BCUT2D eigenvalue weighted by Crippen LogP contribution is 2.30. The van der Waals surface area contributed by atoms with Gasteiger partial charge in [0.1, 0.15) is 5.69 Å². The molecule has 1 heterocycles. The number of halogens is 2. The molecule has 6 nitrogen and oxygen atoms in total. The fourth-order valence-corrected chi connectivity index (χ4v) is 2.82. The van der Waals surface area contributed by atoms with Crippen LogP contribution in [0.5, 0.6) is 0 Å². The van der Waals surface area contributed by atoms with Crippen molar-refractivity contribution >= 4 is 46.4 Å². The summed E-state index contributed by atoms with van der Waals surface area (Å²) in [6, 6.07) is 15.4. The molecule has 2 aromatic carbocycles.